The van der Waals surface area contributed by atoms with Crippen LogP contribution in [0.2, 0.25) is 0 Å². The van der Waals surface area contributed by atoms with Crippen LogP contribution in [0.3, 0.4) is 0 Å². The van der Waals surface area contributed by atoms with Gasteiger partial charge >= 0.3 is 0 Å². The van der Waals surface area contributed by atoms with Gasteiger partial charge in [0.15, 0.2) is 11.0 Å². The van der Waals surface area contributed by atoms with Gasteiger partial charge in [0.1, 0.15) is 5.75 Å². The number of rotatable bonds is 9. The number of amides is 2. The molecule has 0 fully saturated rings. The van der Waals surface area contributed by atoms with Gasteiger partial charge in [-0.25, -0.2) is 0 Å². The van der Waals surface area contributed by atoms with Crippen molar-refractivity contribution in [3.8, 4) is 5.75 Å². The van der Waals surface area contributed by atoms with Crippen LogP contribution in [0.4, 0.5) is 5.69 Å². The van der Waals surface area contributed by atoms with E-state index in [1.54, 1.807) is 18.2 Å². The van der Waals surface area contributed by atoms with E-state index in [-0.39, 0.29) is 24.1 Å². The third-order valence-corrected chi connectivity index (χ3v) is 5.96. The Kier molecular flexibility index (Phi) is 7.88. The summed E-state index contributed by atoms with van der Waals surface area (Å²) in [6.07, 6.45) is 0. The molecule has 0 atom stereocenters. The number of methoxy groups -OCH3 is 1. The van der Waals surface area contributed by atoms with Crippen LogP contribution in [0.5, 0.6) is 5.75 Å². The SMILES string of the molecule is CCn1c(CNC(=O)c2ccccc2OC)nnc1SCC(=O)Nc1ccc(C)c(C)c1. The minimum absolute atomic E-state index is 0.116. The molecule has 0 radical (unpaired) electrons. The lowest BCUT2D eigenvalue weighted by atomic mass is 10.1. The number of thioether (sulfide) groups is 1. The minimum atomic E-state index is -0.255. The van der Waals surface area contributed by atoms with Crippen molar-refractivity contribution in [1.82, 2.24) is 20.1 Å². The zero-order chi connectivity index (χ0) is 23.1. The molecule has 32 heavy (non-hydrogen) atoms. The zero-order valence-corrected chi connectivity index (χ0v) is 19.5. The summed E-state index contributed by atoms with van der Waals surface area (Å²) in [6, 6.07) is 12.9. The number of hydrogen-bond acceptors (Lipinski definition) is 6. The summed E-state index contributed by atoms with van der Waals surface area (Å²) >= 11 is 1.31. The van der Waals surface area contributed by atoms with Crippen LogP contribution in [0.15, 0.2) is 47.6 Å². The molecule has 1 heterocycles. The molecule has 1 aromatic heterocycles. The van der Waals surface area contributed by atoms with E-state index in [9.17, 15) is 9.59 Å². The van der Waals surface area contributed by atoms with Gasteiger partial charge in [-0.05, 0) is 56.2 Å². The molecule has 8 nitrogen and oxygen atoms in total. The fourth-order valence-corrected chi connectivity index (χ4v) is 3.93. The van der Waals surface area contributed by atoms with E-state index >= 15 is 0 Å². The number of ether oxygens (including phenoxy) is 1. The van der Waals surface area contributed by atoms with Crippen molar-refractivity contribution in [1.29, 1.82) is 0 Å². The first-order valence-electron chi connectivity index (χ1n) is 10.3. The predicted octanol–water partition coefficient (Wildman–Crippen LogP) is 3.58. The highest BCUT2D eigenvalue weighted by Gasteiger charge is 2.16. The Morgan fingerprint density at radius 1 is 1.09 bits per heavy atom. The quantitative estimate of drug-likeness (QED) is 0.481. The Bertz CT molecular complexity index is 1110. The lowest BCUT2D eigenvalue weighted by molar-refractivity contribution is -0.113. The summed E-state index contributed by atoms with van der Waals surface area (Å²) in [7, 11) is 1.53. The average Bonchev–Trinajstić information content (AvgIpc) is 3.20. The molecule has 0 aliphatic heterocycles. The molecule has 0 aliphatic rings. The second-order valence-corrected chi connectivity index (χ2v) is 8.10. The largest absolute Gasteiger partial charge is 0.496 e. The van der Waals surface area contributed by atoms with Crippen LogP contribution < -0.4 is 15.4 Å². The Hall–Kier alpha value is -3.33. The maximum Gasteiger partial charge on any atom is 0.255 e. The van der Waals surface area contributed by atoms with Gasteiger partial charge in [-0.1, -0.05) is 30.0 Å². The summed E-state index contributed by atoms with van der Waals surface area (Å²) in [4.78, 5) is 24.9. The van der Waals surface area contributed by atoms with Crippen LogP contribution in [-0.4, -0.2) is 39.4 Å². The van der Waals surface area contributed by atoms with Crippen molar-refractivity contribution < 1.29 is 14.3 Å². The molecule has 0 unspecified atom stereocenters. The summed E-state index contributed by atoms with van der Waals surface area (Å²) < 4.78 is 7.13. The Labute approximate surface area is 191 Å². The normalized spacial score (nSPS) is 10.6. The summed E-state index contributed by atoms with van der Waals surface area (Å²) in [6.45, 7) is 6.84. The molecule has 2 N–H and O–H groups in total. The van der Waals surface area contributed by atoms with Crippen molar-refractivity contribution in [3.05, 3.63) is 65.0 Å². The van der Waals surface area contributed by atoms with E-state index in [0.717, 1.165) is 11.3 Å². The number of carbonyl (C=O) groups is 2. The second kappa shape index (κ2) is 10.8. The standard InChI is InChI=1S/C23H27N5O3S/c1-5-28-20(13-24-22(30)18-8-6-7-9-19(18)31-4)26-27-23(28)32-14-21(29)25-17-11-10-15(2)16(3)12-17/h6-12H,5,13-14H2,1-4H3,(H,24,30)(H,25,29). The third kappa shape index (κ3) is 5.67. The number of para-hydroxylation sites is 1. The van der Waals surface area contributed by atoms with Crippen LogP contribution >= 0.6 is 11.8 Å². The monoisotopic (exact) mass is 453 g/mol. The van der Waals surface area contributed by atoms with Gasteiger partial charge in [0.05, 0.1) is 25.0 Å². The summed E-state index contributed by atoms with van der Waals surface area (Å²) in [5.41, 5.74) is 3.53. The van der Waals surface area contributed by atoms with Crippen LogP contribution in [0.1, 0.15) is 34.2 Å². The lowest BCUT2D eigenvalue weighted by Gasteiger charge is -2.10. The fraction of sp³-hybridized carbons (Fsp3) is 0.304. The maximum absolute atomic E-state index is 12.5. The number of aryl methyl sites for hydroxylation is 2. The van der Waals surface area contributed by atoms with E-state index in [0.29, 0.717) is 28.8 Å². The Morgan fingerprint density at radius 2 is 1.88 bits per heavy atom. The molecule has 3 rings (SSSR count). The van der Waals surface area contributed by atoms with E-state index < -0.39 is 0 Å². The van der Waals surface area contributed by atoms with E-state index in [1.165, 1.54) is 24.4 Å². The molecular weight excluding hydrogens is 426 g/mol. The van der Waals surface area contributed by atoms with E-state index in [4.69, 9.17) is 4.74 Å². The topological polar surface area (TPSA) is 98.1 Å². The minimum Gasteiger partial charge on any atom is -0.496 e. The van der Waals surface area contributed by atoms with Gasteiger partial charge in [0.25, 0.3) is 5.91 Å². The van der Waals surface area contributed by atoms with Crippen molar-refractivity contribution in [2.24, 2.45) is 0 Å². The van der Waals surface area contributed by atoms with Gasteiger partial charge in [0, 0.05) is 12.2 Å². The summed E-state index contributed by atoms with van der Waals surface area (Å²) in [5, 5.41) is 14.8. The molecule has 0 bridgehead atoms. The Balaban J connectivity index is 1.58. The van der Waals surface area contributed by atoms with Gasteiger partial charge in [-0.3, -0.25) is 9.59 Å². The molecule has 9 heteroatoms. The van der Waals surface area contributed by atoms with Gasteiger partial charge < -0.3 is 19.9 Å². The fourth-order valence-electron chi connectivity index (χ4n) is 3.11. The Morgan fingerprint density at radius 3 is 2.59 bits per heavy atom. The third-order valence-electron chi connectivity index (χ3n) is 4.99. The van der Waals surface area contributed by atoms with E-state index in [2.05, 4.69) is 20.8 Å². The zero-order valence-electron chi connectivity index (χ0n) is 18.6. The van der Waals surface area contributed by atoms with Crippen LogP contribution in [0.25, 0.3) is 0 Å². The number of nitrogens with one attached hydrogen (secondary N) is 2. The average molecular weight is 454 g/mol. The van der Waals surface area contributed by atoms with Gasteiger partial charge in [-0.15, -0.1) is 10.2 Å². The molecule has 2 aromatic carbocycles. The highest BCUT2D eigenvalue weighted by Crippen LogP contribution is 2.20. The molecular formula is C23H27N5O3S. The number of nitrogens with zero attached hydrogens (tertiary/aromatic N) is 3. The van der Waals surface area contributed by atoms with Crippen molar-refractivity contribution in [3.63, 3.8) is 0 Å². The van der Waals surface area contributed by atoms with Crippen LogP contribution in [-0.2, 0) is 17.9 Å². The first-order chi connectivity index (χ1) is 15.4. The van der Waals surface area contributed by atoms with Crippen molar-refractivity contribution in [2.75, 3.05) is 18.2 Å². The van der Waals surface area contributed by atoms with Gasteiger partial charge in [0.2, 0.25) is 5.91 Å². The molecule has 0 spiro atoms. The molecule has 0 aliphatic carbocycles. The number of hydrogen-bond donors (Lipinski definition) is 2. The molecule has 0 saturated heterocycles. The summed E-state index contributed by atoms with van der Waals surface area (Å²) in [5.74, 6) is 0.962. The number of benzene rings is 2. The molecule has 0 saturated carbocycles. The maximum atomic E-state index is 12.5. The lowest BCUT2D eigenvalue weighted by Crippen LogP contribution is -2.25. The molecule has 168 valence electrons. The first kappa shape index (κ1) is 23.3. The second-order valence-electron chi connectivity index (χ2n) is 7.16. The number of carbonyl (C=O) groups excluding carboxylic acids is 2. The van der Waals surface area contributed by atoms with Gasteiger partial charge in [-0.2, -0.15) is 0 Å². The molecule has 3 aromatic rings. The van der Waals surface area contributed by atoms with Crippen molar-refractivity contribution in [2.45, 2.75) is 39.0 Å². The number of anilines is 1. The van der Waals surface area contributed by atoms with E-state index in [1.807, 2.05) is 49.6 Å². The van der Waals surface area contributed by atoms with Crippen LogP contribution in [0, 0.1) is 13.8 Å². The highest BCUT2D eigenvalue weighted by atomic mass is 32.2. The van der Waals surface area contributed by atoms with Crippen molar-refractivity contribution >= 4 is 29.3 Å². The number of aromatic nitrogens is 3. The smallest absolute Gasteiger partial charge is 0.255 e. The highest BCUT2D eigenvalue weighted by molar-refractivity contribution is 7.99. The molecule has 2 amide bonds. The predicted molar refractivity (Wildman–Crippen MR) is 125 cm³/mol. The first-order valence-corrected chi connectivity index (χ1v) is 11.2.